The van der Waals surface area contributed by atoms with Gasteiger partial charge >= 0.3 is 0 Å². The number of nitriles is 1. The average Bonchev–Trinajstić information content (AvgIpc) is 2.54. The molecule has 0 amide bonds. The summed E-state index contributed by atoms with van der Waals surface area (Å²) in [5.41, 5.74) is 4.89. The van der Waals surface area contributed by atoms with Crippen molar-refractivity contribution in [3.63, 3.8) is 0 Å². The maximum Gasteiger partial charge on any atom is 0.0991 e. The molecule has 0 aliphatic heterocycles. The zero-order chi connectivity index (χ0) is 14.7. The Kier molecular flexibility index (Phi) is 4.03. The highest BCUT2D eigenvalue weighted by molar-refractivity contribution is 5.34. The maximum atomic E-state index is 9.00. The zero-order valence-electron chi connectivity index (χ0n) is 12.3. The van der Waals surface area contributed by atoms with Crippen LogP contribution < -0.4 is 5.32 Å². The topological polar surface area (TPSA) is 35.8 Å². The van der Waals surface area contributed by atoms with Crippen LogP contribution >= 0.6 is 0 Å². The van der Waals surface area contributed by atoms with Crippen LogP contribution in [0.15, 0.2) is 48.5 Å². The fourth-order valence-electron chi connectivity index (χ4n) is 3.17. The van der Waals surface area contributed by atoms with Crippen molar-refractivity contribution >= 4 is 0 Å². The Morgan fingerprint density at radius 3 is 2.76 bits per heavy atom. The van der Waals surface area contributed by atoms with Crippen LogP contribution in [-0.2, 0) is 12.8 Å². The second-order valence-corrected chi connectivity index (χ2v) is 5.83. The summed E-state index contributed by atoms with van der Waals surface area (Å²) in [4.78, 5) is 0. The van der Waals surface area contributed by atoms with E-state index in [9.17, 15) is 0 Å². The monoisotopic (exact) mass is 276 g/mol. The van der Waals surface area contributed by atoms with Gasteiger partial charge in [-0.15, -0.1) is 0 Å². The van der Waals surface area contributed by atoms with Crippen LogP contribution in [0.4, 0.5) is 0 Å². The Labute approximate surface area is 126 Å². The van der Waals surface area contributed by atoms with Gasteiger partial charge in [0.1, 0.15) is 0 Å². The van der Waals surface area contributed by atoms with Gasteiger partial charge in [-0.2, -0.15) is 5.26 Å². The van der Waals surface area contributed by atoms with Crippen LogP contribution in [0.3, 0.4) is 0 Å². The summed E-state index contributed by atoms with van der Waals surface area (Å²) < 4.78 is 0. The summed E-state index contributed by atoms with van der Waals surface area (Å²) in [5.74, 6) is 0. The van der Waals surface area contributed by atoms with Crippen LogP contribution in [-0.4, -0.2) is 6.04 Å². The molecule has 21 heavy (non-hydrogen) atoms. The van der Waals surface area contributed by atoms with Crippen LogP contribution in [0.5, 0.6) is 0 Å². The first-order valence-corrected chi connectivity index (χ1v) is 7.59. The number of nitrogens with zero attached hydrogens (tertiary/aromatic N) is 1. The number of nitrogens with one attached hydrogen (secondary N) is 1. The predicted molar refractivity (Wildman–Crippen MR) is 85.0 cm³/mol. The summed E-state index contributed by atoms with van der Waals surface area (Å²) in [6, 6.07) is 19.6. The standard InChI is InChI=1S/C19H20N2/c1-14(17-8-4-5-15(11-17)13-20)21-19-10-9-16-6-2-3-7-18(16)12-19/h2-8,11,14,19,21H,9-10,12H2,1H3. The average molecular weight is 276 g/mol. The molecule has 0 aromatic heterocycles. The van der Waals surface area contributed by atoms with Crippen LogP contribution in [0.25, 0.3) is 0 Å². The number of aryl methyl sites for hydroxylation is 1. The van der Waals surface area contributed by atoms with Crippen molar-refractivity contribution < 1.29 is 0 Å². The molecule has 0 saturated carbocycles. The Bertz CT molecular complexity index is 669. The van der Waals surface area contributed by atoms with E-state index >= 15 is 0 Å². The Hall–Kier alpha value is -2.11. The van der Waals surface area contributed by atoms with Crippen LogP contribution in [0.1, 0.15) is 41.6 Å². The lowest BCUT2D eigenvalue weighted by Crippen LogP contribution is -2.36. The maximum absolute atomic E-state index is 9.00. The highest BCUT2D eigenvalue weighted by Gasteiger charge is 2.20. The van der Waals surface area contributed by atoms with E-state index in [0.29, 0.717) is 6.04 Å². The third kappa shape index (κ3) is 3.15. The van der Waals surface area contributed by atoms with Crippen molar-refractivity contribution in [3.05, 3.63) is 70.8 Å². The van der Waals surface area contributed by atoms with E-state index < -0.39 is 0 Å². The Morgan fingerprint density at radius 1 is 1.14 bits per heavy atom. The Morgan fingerprint density at radius 2 is 1.95 bits per heavy atom. The fourth-order valence-corrected chi connectivity index (χ4v) is 3.17. The van der Waals surface area contributed by atoms with Gasteiger partial charge in [-0.1, -0.05) is 36.4 Å². The van der Waals surface area contributed by atoms with Gasteiger partial charge in [0.2, 0.25) is 0 Å². The number of benzene rings is 2. The molecule has 2 nitrogen and oxygen atoms in total. The molecular weight excluding hydrogens is 256 g/mol. The summed E-state index contributed by atoms with van der Waals surface area (Å²) in [7, 11) is 0. The minimum absolute atomic E-state index is 0.272. The van der Waals surface area contributed by atoms with Crippen molar-refractivity contribution in [3.8, 4) is 6.07 Å². The van der Waals surface area contributed by atoms with E-state index in [1.165, 1.54) is 23.1 Å². The van der Waals surface area contributed by atoms with E-state index in [4.69, 9.17) is 5.26 Å². The van der Waals surface area contributed by atoms with Gasteiger partial charge in [-0.3, -0.25) is 0 Å². The molecule has 0 bridgehead atoms. The smallest absolute Gasteiger partial charge is 0.0991 e. The minimum Gasteiger partial charge on any atom is -0.307 e. The molecule has 2 atom stereocenters. The molecule has 3 rings (SSSR count). The highest BCUT2D eigenvalue weighted by Crippen LogP contribution is 2.23. The lowest BCUT2D eigenvalue weighted by molar-refractivity contribution is 0.414. The first kappa shape index (κ1) is 13.9. The third-order valence-electron chi connectivity index (χ3n) is 4.35. The van der Waals surface area contributed by atoms with Crippen LogP contribution in [0, 0.1) is 11.3 Å². The largest absolute Gasteiger partial charge is 0.307 e. The van der Waals surface area contributed by atoms with Gasteiger partial charge in [0.25, 0.3) is 0 Å². The molecular formula is C19H20N2. The molecule has 106 valence electrons. The quantitative estimate of drug-likeness (QED) is 0.926. The van der Waals surface area contributed by atoms with Crippen LogP contribution in [0.2, 0.25) is 0 Å². The second kappa shape index (κ2) is 6.11. The first-order chi connectivity index (χ1) is 10.3. The molecule has 2 aromatic carbocycles. The number of hydrogen-bond donors (Lipinski definition) is 1. The third-order valence-corrected chi connectivity index (χ3v) is 4.35. The molecule has 0 heterocycles. The van der Waals surface area contributed by atoms with Gasteiger partial charge in [0, 0.05) is 12.1 Å². The minimum atomic E-state index is 0.272. The molecule has 2 unspecified atom stereocenters. The summed E-state index contributed by atoms with van der Waals surface area (Å²) >= 11 is 0. The fraction of sp³-hybridized carbons (Fsp3) is 0.316. The van der Waals surface area contributed by atoms with Crippen molar-refractivity contribution in [2.24, 2.45) is 0 Å². The normalized spacial score (nSPS) is 18.6. The van der Waals surface area contributed by atoms with E-state index in [0.717, 1.165) is 18.4 Å². The molecule has 2 heteroatoms. The predicted octanol–water partition coefficient (Wildman–Crippen LogP) is 3.77. The van der Waals surface area contributed by atoms with E-state index in [2.05, 4.69) is 48.6 Å². The molecule has 2 aromatic rings. The molecule has 1 aliphatic rings. The number of fused-ring (bicyclic) bond motifs is 1. The van der Waals surface area contributed by atoms with Crippen molar-refractivity contribution in [2.45, 2.75) is 38.3 Å². The summed E-state index contributed by atoms with van der Waals surface area (Å²) in [5, 5.41) is 12.7. The Balaban J connectivity index is 1.69. The van der Waals surface area contributed by atoms with Gasteiger partial charge in [-0.05, 0) is 55.0 Å². The number of rotatable bonds is 3. The zero-order valence-corrected chi connectivity index (χ0v) is 12.3. The molecule has 0 fully saturated rings. The lowest BCUT2D eigenvalue weighted by atomic mass is 9.88. The van der Waals surface area contributed by atoms with E-state index in [1.54, 1.807) is 0 Å². The van der Waals surface area contributed by atoms with E-state index in [1.807, 2.05) is 18.2 Å². The molecule has 1 aliphatic carbocycles. The molecule has 0 saturated heterocycles. The van der Waals surface area contributed by atoms with E-state index in [-0.39, 0.29) is 6.04 Å². The first-order valence-electron chi connectivity index (χ1n) is 7.59. The molecule has 0 radical (unpaired) electrons. The van der Waals surface area contributed by atoms with Crippen molar-refractivity contribution in [1.82, 2.24) is 5.32 Å². The molecule has 1 N–H and O–H groups in total. The highest BCUT2D eigenvalue weighted by atomic mass is 14.9. The SMILES string of the molecule is CC(NC1CCc2ccccc2C1)c1cccc(C#N)c1. The van der Waals surface area contributed by atoms with Gasteiger partial charge < -0.3 is 5.32 Å². The van der Waals surface area contributed by atoms with Gasteiger partial charge in [0.05, 0.1) is 11.6 Å². The summed E-state index contributed by atoms with van der Waals surface area (Å²) in [6.45, 7) is 2.18. The van der Waals surface area contributed by atoms with Gasteiger partial charge in [0.15, 0.2) is 0 Å². The second-order valence-electron chi connectivity index (χ2n) is 5.83. The lowest BCUT2D eigenvalue weighted by Gasteiger charge is -2.28. The molecule has 0 spiro atoms. The number of hydrogen-bond acceptors (Lipinski definition) is 2. The van der Waals surface area contributed by atoms with Crippen molar-refractivity contribution in [1.29, 1.82) is 5.26 Å². The summed E-state index contributed by atoms with van der Waals surface area (Å²) in [6.07, 6.45) is 3.43. The van der Waals surface area contributed by atoms with Crippen molar-refractivity contribution in [2.75, 3.05) is 0 Å². The van der Waals surface area contributed by atoms with Gasteiger partial charge in [-0.25, -0.2) is 0 Å².